The highest BCUT2D eigenvalue weighted by Gasteiger charge is 2.46. The Labute approximate surface area is 187 Å². The Hall–Kier alpha value is -2.44. The van der Waals surface area contributed by atoms with Crippen LogP contribution in [0.4, 0.5) is 5.13 Å². The first kappa shape index (κ1) is 23.2. The molecule has 7 nitrogen and oxygen atoms in total. The van der Waals surface area contributed by atoms with Gasteiger partial charge in [0.15, 0.2) is 0 Å². The Balaban J connectivity index is 1.83. The fourth-order valence-corrected chi connectivity index (χ4v) is 4.60. The number of aromatic nitrogens is 1. The molecule has 1 saturated heterocycles. The Morgan fingerprint density at radius 2 is 2.35 bits per heavy atom. The number of terminal acetylenes is 1. The molecule has 2 aromatic rings. The number of carbonyl (C=O) groups is 1. The second kappa shape index (κ2) is 10.7. The van der Waals surface area contributed by atoms with Crippen molar-refractivity contribution in [2.45, 2.75) is 45.3 Å². The normalized spacial score (nSPS) is 21.1. The van der Waals surface area contributed by atoms with Crippen LogP contribution >= 0.6 is 11.3 Å². The summed E-state index contributed by atoms with van der Waals surface area (Å²) in [5, 5.41) is 14.4. The zero-order valence-electron chi connectivity index (χ0n) is 17.9. The predicted octanol–water partition coefficient (Wildman–Crippen LogP) is 4.41. The van der Waals surface area contributed by atoms with Crippen molar-refractivity contribution in [3.63, 3.8) is 0 Å². The van der Waals surface area contributed by atoms with Gasteiger partial charge in [-0.15, -0.1) is 18.9 Å². The van der Waals surface area contributed by atoms with Gasteiger partial charge in [0.1, 0.15) is 12.4 Å². The van der Waals surface area contributed by atoms with Crippen LogP contribution in [0.1, 0.15) is 39.0 Å². The topological polar surface area (TPSA) is 74.7 Å². The number of unbranched alkanes of at least 4 members (excludes halogenated alkanes) is 2. The van der Waals surface area contributed by atoms with E-state index >= 15 is 0 Å². The number of nitrogens with zero attached hydrogens (tertiary/aromatic N) is 3. The molecule has 2 atom stereocenters. The van der Waals surface area contributed by atoms with Crippen molar-refractivity contribution in [3.8, 4) is 18.1 Å². The largest absolute Gasteiger partial charge is 0.622 e. The highest BCUT2D eigenvalue weighted by molar-refractivity contribution is 7.22. The van der Waals surface area contributed by atoms with E-state index in [1.54, 1.807) is 6.08 Å². The van der Waals surface area contributed by atoms with Gasteiger partial charge in [-0.05, 0) is 38.3 Å². The Morgan fingerprint density at radius 1 is 1.52 bits per heavy atom. The minimum absolute atomic E-state index is 0.174. The highest BCUT2D eigenvalue weighted by Crippen LogP contribution is 2.39. The summed E-state index contributed by atoms with van der Waals surface area (Å²) in [7, 11) is 0. The van der Waals surface area contributed by atoms with Gasteiger partial charge in [0.05, 0.1) is 23.4 Å². The fourth-order valence-electron chi connectivity index (χ4n) is 3.59. The minimum Gasteiger partial charge on any atom is -0.622 e. The molecule has 8 heteroatoms. The molecular formula is C23H29N3O4S. The van der Waals surface area contributed by atoms with Crippen molar-refractivity contribution >= 4 is 32.7 Å². The minimum atomic E-state index is -0.853. The number of ether oxygens (including phenoxy) is 2. The Morgan fingerprint density at radius 3 is 3.10 bits per heavy atom. The Kier molecular flexibility index (Phi) is 8.04. The van der Waals surface area contributed by atoms with Crippen molar-refractivity contribution in [1.29, 1.82) is 0 Å². The van der Waals surface area contributed by atoms with Gasteiger partial charge in [0, 0.05) is 25.5 Å². The first-order valence-corrected chi connectivity index (χ1v) is 11.4. The van der Waals surface area contributed by atoms with E-state index in [9.17, 15) is 10.0 Å². The lowest BCUT2D eigenvalue weighted by atomic mass is 10.2. The lowest BCUT2D eigenvalue weighted by Crippen LogP contribution is -2.50. The van der Waals surface area contributed by atoms with Gasteiger partial charge in [0.25, 0.3) is 11.4 Å². The number of carbonyl (C=O) groups excluding carboxylic acids is 1. The monoisotopic (exact) mass is 443 g/mol. The summed E-state index contributed by atoms with van der Waals surface area (Å²) in [6, 6.07) is 5.61. The number of quaternary nitrogens is 1. The lowest BCUT2D eigenvalue weighted by Gasteiger charge is -2.38. The third-order valence-corrected chi connectivity index (χ3v) is 6.27. The summed E-state index contributed by atoms with van der Waals surface area (Å²) in [5.41, 5.74) is 0.709. The number of esters is 1. The Bertz CT molecular complexity index is 954. The van der Waals surface area contributed by atoms with Gasteiger partial charge in [-0.1, -0.05) is 17.4 Å². The molecule has 1 fully saturated rings. The van der Waals surface area contributed by atoms with E-state index < -0.39 is 10.9 Å². The molecule has 0 radical (unpaired) electrons. The van der Waals surface area contributed by atoms with Gasteiger partial charge in [-0.3, -0.25) is 9.44 Å². The van der Waals surface area contributed by atoms with Gasteiger partial charge < -0.3 is 14.7 Å². The molecule has 1 aliphatic heterocycles. The van der Waals surface area contributed by atoms with Crippen LogP contribution in [0.3, 0.4) is 0 Å². The van der Waals surface area contributed by atoms with Crippen LogP contribution in [0, 0.1) is 17.6 Å². The second-order valence-electron chi connectivity index (χ2n) is 7.51. The third-order valence-electron chi connectivity index (χ3n) is 5.12. The average molecular weight is 444 g/mol. The van der Waals surface area contributed by atoms with E-state index in [4.69, 9.17) is 15.9 Å². The first-order valence-electron chi connectivity index (χ1n) is 10.6. The van der Waals surface area contributed by atoms with Crippen molar-refractivity contribution in [1.82, 2.24) is 14.5 Å². The maximum absolute atomic E-state index is 14.0. The van der Waals surface area contributed by atoms with Crippen LogP contribution in [-0.4, -0.2) is 48.4 Å². The number of hydrogen-bond acceptors (Lipinski definition) is 7. The molecule has 0 saturated carbocycles. The van der Waals surface area contributed by atoms with Crippen molar-refractivity contribution in [2.75, 3.05) is 26.4 Å². The van der Waals surface area contributed by atoms with Crippen molar-refractivity contribution in [2.24, 2.45) is 0 Å². The number of benzene rings is 1. The van der Waals surface area contributed by atoms with Crippen LogP contribution in [-0.2, 0) is 9.53 Å². The summed E-state index contributed by atoms with van der Waals surface area (Å²) >= 11 is 1.33. The molecule has 166 valence electrons. The quantitative estimate of drug-likeness (QED) is 0.128. The number of allylic oxidation sites excluding steroid dienone is 1. The highest BCUT2D eigenvalue weighted by atomic mass is 32.1. The van der Waals surface area contributed by atoms with E-state index in [2.05, 4.69) is 17.5 Å². The van der Waals surface area contributed by atoms with Gasteiger partial charge in [-0.25, -0.2) is 4.90 Å². The number of thiazole rings is 1. The zero-order valence-corrected chi connectivity index (χ0v) is 18.7. The zero-order chi connectivity index (χ0) is 22.3. The van der Waals surface area contributed by atoms with Crippen molar-refractivity contribution in [3.05, 3.63) is 36.1 Å². The fraction of sp³-hybridized carbons (Fsp3) is 0.478. The van der Waals surface area contributed by atoms with Crippen LogP contribution < -0.4 is 9.38 Å². The van der Waals surface area contributed by atoms with E-state index in [-0.39, 0.29) is 19.1 Å². The van der Waals surface area contributed by atoms with Crippen LogP contribution in [0.25, 0.3) is 10.2 Å². The molecule has 2 heterocycles. The predicted molar refractivity (Wildman–Crippen MR) is 124 cm³/mol. The van der Waals surface area contributed by atoms with Crippen LogP contribution in [0.15, 0.2) is 30.9 Å². The molecule has 0 spiro atoms. The standard InChI is InChI=1S/C23H29N3O4S/c1-4-7-9-11-22(27)30-21-16-25(14-10-8-5-2)17-26(21,28)23-24-19-15-18(29-6-3)12-13-20(19)31-23/h2,4,12-13,15,21H,1,6-11,14,16-17H2,3H3. The van der Waals surface area contributed by atoms with Gasteiger partial charge in [0.2, 0.25) is 0 Å². The number of hydroxylamine groups is 2. The number of hydrogen-bond donors (Lipinski definition) is 0. The molecule has 2 unspecified atom stereocenters. The SMILES string of the molecule is C#CCCCN1CC(OC(=O)CCCC=C)[N+]([O-])(c2nc3cc(OCC)ccc3s2)C1. The lowest BCUT2D eigenvalue weighted by molar-refractivity contribution is -0.153. The number of fused-ring (bicyclic) bond motifs is 1. The maximum Gasteiger partial charge on any atom is 0.310 e. The molecule has 1 aromatic heterocycles. The van der Waals surface area contributed by atoms with E-state index in [1.165, 1.54) is 11.3 Å². The smallest absolute Gasteiger partial charge is 0.310 e. The molecule has 0 bridgehead atoms. The van der Waals surface area contributed by atoms with E-state index in [0.717, 1.165) is 17.5 Å². The van der Waals surface area contributed by atoms with Gasteiger partial charge >= 0.3 is 5.97 Å². The summed E-state index contributed by atoms with van der Waals surface area (Å²) < 4.78 is 11.3. The van der Waals surface area contributed by atoms with Gasteiger partial charge in [-0.2, -0.15) is 4.98 Å². The molecule has 0 N–H and O–H groups in total. The maximum atomic E-state index is 14.0. The van der Waals surface area contributed by atoms with Crippen LogP contribution in [0.2, 0.25) is 0 Å². The first-order chi connectivity index (χ1) is 15.0. The summed E-state index contributed by atoms with van der Waals surface area (Å²) in [6.07, 6.45) is 9.34. The van der Waals surface area contributed by atoms with Crippen LogP contribution in [0.5, 0.6) is 5.75 Å². The molecule has 0 aliphatic carbocycles. The second-order valence-corrected chi connectivity index (χ2v) is 8.52. The summed E-state index contributed by atoms with van der Waals surface area (Å²) in [5.74, 6) is 2.97. The molecular weight excluding hydrogens is 414 g/mol. The number of rotatable bonds is 11. The van der Waals surface area contributed by atoms with Crippen molar-refractivity contribution < 1.29 is 14.3 Å². The van der Waals surface area contributed by atoms with E-state index in [1.807, 2.05) is 30.0 Å². The molecule has 3 rings (SSSR count). The molecule has 0 amide bonds. The average Bonchev–Trinajstić information content (AvgIpc) is 3.30. The summed E-state index contributed by atoms with van der Waals surface area (Å²) in [4.78, 5) is 19.0. The van der Waals surface area contributed by atoms with E-state index in [0.29, 0.717) is 48.9 Å². The molecule has 31 heavy (non-hydrogen) atoms. The summed E-state index contributed by atoms with van der Waals surface area (Å²) in [6.45, 7) is 7.35. The third kappa shape index (κ3) is 5.63. The molecule has 1 aromatic carbocycles. The molecule has 1 aliphatic rings.